The average molecular weight is 691 g/mol. The Morgan fingerprint density at radius 3 is 2.44 bits per heavy atom. The van der Waals surface area contributed by atoms with E-state index < -0.39 is 33.9 Å². The smallest absolute Gasteiger partial charge is 0.319 e. The van der Waals surface area contributed by atoms with Crippen LogP contribution in [0.4, 0.5) is 14.9 Å². The van der Waals surface area contributed by atoms with Crippen LogP contribution >= 0.6 is 0 Å². The number of anilines is 1. The lowest BCUT2D eigenvalue weighted by Gasteiger charge is -2.35. The van der Waals surface area contributed by atoms with Gasteiger partial charge < -0.3 is 30.1 Å². The molecule has 13 heteroatoms. The van der Waals surface area contributed by atoms with Crippen molar-refractivity contribution < 1.29 is 37.0 Å². The maximum atomic E-state index is 14.3. The summed E-state index contributed by atoms with van der Waals surface area (Å²) in [6, 6.07) is 8.87. The molecule has 11 nitrogen and oxygen atoms in total. The number of sulfonamides is 1. The number of benzene rings is 2. The molecule has 0 bridgehead atoms. The zero-order valence-corrected chi connectivity index (χ0v) is 29.3. The standard InChI is InChI=1S/C35H51FN4O7S/c1-24-21-40(25(2)23-41)34(42)31-20-29(38-35(43)37-28-11-6-5-7-12-28)15-18-32(31)47-26(3)10-8-9-19-46-33(24)22-39(4)48(44,45)30-16-13-27(36)14-17-30/h13-18,20,24-26,28,33,41H,5-12,19,21-23H2,1-4H3,(H2,37,38,43)/t24-,25+,26-,33+/m1/s1. The lowest BCUT2D eigenvalue weighted by atomic mass is 9.96. The minimum Gasteiger partial charge on any atom is -0.490 e. The summed E-state index contributed by atoms with van der Waals surface area (Å²) in [5.74, 6) is -0.912. The summed E-state index contributed by atoms with van der Waals surface area (Å²) < 4.78 is 53.9. The first-order valence-corrected chi connectivity index (χ1v) is 18.5. The summed E-state index contributed by atoms with van der Waals surface area (Å²) in [4.78, 5) is 28.7. The largest absolute Gasteiger partial charge is 0.490 e. The lowest BCUT2D eigenvalue weighted by molar-refractivity contribution is -0.00834. The van der Waals surface area contributed by atoms with Crippen molar-refractivity contribution in [1.82, 2.24) is 14.5 Å². The fourth-order valence-corrected chi connectivity index (χ4v) is 7.38. The molecule has 0 radical (unpaired) electrons. The average Bonchev–Trinajstić information content (AvgIpc) is 3.06. The van der Waals surface area contributed by atoms with E-state index in [1.807, 2.05) is 13.8 Å². The van der Waals surface area contributed by atoms with Gasteiger partial charge in [0.2, 0.25) is 10.0 Å². The lowest BCUT2D eigenvalue weighted by Crippen LogP contribution is -2.48. The second kappa shape index (κ2) is 17.4. The molecule has 2 aromatic rings. The second-order valence-corrected chi connectivity index (χ2v) is 15.2. The van der Waals surface area contributed by atoms with Gasteiger partial charge in [0.15, 0.2) is 0 Å². The van der Waals surface area contributed by atoms with Crippen molar-refractivity contribution in [2.24, 2.45) is 5.92 Å². The van der Waals surface area contributed by atoms with Gasteiger partial charge in [0.05, 0.1) is 35.3 Å². The van der Waals surface area contributed by atoms with E-state index in [-0.39, 0.29) is 54.3 Å². The van der Waals surface area contributed by atoms with Crippen LogP contribution in [0.3, 0.4) is 0 Å². The maximum Gasteiger partial charge on any atom is 0.319 e. The molecule has 2 aliphatic rings. The normalized spacial score (nSPS) is 22.7. The van der Waals surface area contributed by atoms with E-state index in [0.29, 0.717) is 30.9 Å². The van der Waals surface area contributed by atoms with Crippen LogP contribution in [0.5, 0.6) is 5.75 Å². The van der Waals surface area contributed by atoms with Crippen molar-refractivity contribution in [3.8, 4) is 5.75 Å². The van der Waals surface area contributed by atoms with Crippen LogP contribution in [-0.2, 0) is 14.8 Å². The Balaban J connectivity index is 1.60. The van der Waals surface area contributed by atoms with Crippen LogP contribution < -0.4 is 15.4 Å². The molecule has 1 fully saturated rings. The van der Waals surface area contributed by atoms with Crippen molar-refractivity contribution in [2.75, 3.05) is 38.7 Å². The number of carbonyl (C=O) groups is 2. The van der Waals surface area contributed by atoms with E-state index in [2.05, 4.69) is 10.6 Å². The zero-order chi connectivity index (χ0) is 34.8. The first kappa shape index (κ1) is 37.6. The van der Waals surface area contributed by atoms with E-state index in [0.717, 1.165) is 44.2 Å². The van der Waals surface area contributed by atoms with Crippen LogP contribution in [0.2, 0.25) is 0 Å². The fourth-order valence-electron chi connectivity index (χ4n) is 6.20. The predicted octanol–water partition coefficient (Wildman–Crippen LogP) is 5.40. The van der Waals surface area contributed by atoms with Crippen LogP contribution in [-0.4, -0.2) is 92.3 Å². The number of amides is 3. The monoisotopic (exact) mass is 690 g/mol. The minimum atomic E-state index is -3.95. The first-order chi connectivity index (χ1) is 22.9. The highest BCUT2D eigenvalue weighted by atomic mass is 32.2. The highest BCUT2D eigenvalue weighted by Gasteiger charge is 2.32. The Bertz CT molecular complexity index is 1470. The molecule has 2 aromatic carbocycles. The van der Waals surface area contributed by atoms with E-state index in [1.54, 1.807) is 30.0 Å². The summed E-state index contributed by atoms with van der Waals surface area (Å²) in [6.45, 7) is 5.76. The molecule has 0 spiro atoms. The van der Waals surface area contributed by atoms with Gasteiger partial charge in [-0.15, -0.1) is 0 Å². The van der Waals surface area contributed by atoms with Crippen LogP contribution in [0.25, 0.3) is 0 Å². The molecular weight excluding hydrogens is 639 g/mol. The number of aliphatic hydroxyl groups excluding tert-OH is 1. The van der Waals surface area contributed by atoms with Crippen molar-refractivity contribution >= 4 is 27.6 Å². The van der Waals surface area contributed by atoms with E-state index in [9.17, 15) is 27.5 Å². The number of hydrogen-bond acceptors (Lipinski definition) is 7. The van der Waals surface area contributed by atoms with Gasteiger partial charge in [0, 0.05) is 44.4 Å². The van der Waals surface area contributed by atoms with Gasteiger partial charge in [0.1, 0.15) is 11.6 Å². The fraction of sp³-hybridized carbons (Fsp3) is 0.600. The molecule has 48 heavy (non-hydrogen) atoms. The molecule has 1 heterocycles. The van der Waals surface area contributed by atoms with Crippen LogP contribution in [0.15, 0.2) is 47.4 Å². The number of fused-ring (bicyclic) bond motifs is 1. The third kappa shape index (κ3) is 10.1. The van der Waals surface area contributed by atoms with Crippen molar-refractivity contribution in [2.45, 2.75) is 101 Å². The Labute approximate surface area is 284 Å². The highest BCUT2D eigenvalue weighted by molar-refractivity contribution is 7.89. The Morgan fingerprint density at radius 1 is 1.06 bits per heavy atom. The third-order valence-corrected chi connectivity index (χ3v) is 11.0. The van der Waals surface area contributed by atoms with Gasteiger partial charge in [-0.25, -0.2) is 17.6 Å². The Kier molecular flexibility index (Phi) is 13.6. The molecule has 3 N–H and O–H groups in total. The van der Waals surface area contributed by atoms with E-state index in [1.165, 1.54) is 29.9 Å². The van der Waals surface area contributed by atoms with Crippen molar-refractivity contribution in [3.05, 3.63) is 53.8 Å². The zero-order valence-electron chi connectivity index (χ0n) is 28.5. The molecule has 266 valence electrons. The predicted molar refractivity (Wildman–Crippen MR) is 182 cm³/mol. The van der Waals surface area contributed by atoms with Gasteiger partial charge in [-0.1, -0.05) is 26.2 Å². The second-order valence-electron chi connectivity index (χ2n) is 13.2. The van der Waals surface area contributed by atoms with Gasteiger partial charge in [-0.05, 0) is 88.4 Å². The molecule has 1 saturated carbocycles. The van der Waals surface area contributed by atoms with Gasteiger partial charge in [0.25, 0.3) is 5.91 Å². The number of rotatable bonds is 8. The van der Waals surface area contributed by atoms with Crippen molar-refractivity contribution in [1.29, 1.82) is 0 Å². The number of aliphatic hydroxyl groups is 1. The van der Waals surface area contributed by atoms with Crippen molar-refractivity contribution in [3.63, 3.8) is 0 Å². The number of hydrogen-bond donors (Lipinski definition) is 3. The molecule has 0 aromatic heterocycles. The van der Waals surface area contributed by atoms with Gasteiger partial charge >= 0.3 is 6.03 Å². The summed E-state index contributed by atoms with van der Waals surface area (Å²) >= 11 is 0. The van der Waals surface area contributed by atoms with Gasteiger partial charge in [-0.3, -0.25) is 4.79 Å². The number of nitrogens with one attached hydrogen (secondary N) is 2. The SMILES string of the molecule is C[C@@H]1CCCCO[C@@H](CN(C)S(=O)(=O)c2ccc(F)cc2)[C@H](C)CN([C@@H](C)CO)C(=O)c2cc(NC(=O)NC3CCCCC3)ccc2O1. The molecular formula is C35H51FN4O7S. The summed E-state index contributed by atoms with van der Waals surface area (Å²) in [6.07, 6.45) is 6.57. The quantitative estimate of drug-likeness (QED) is 0.338. The van der Waals surface area contributed by atoms with E-state index in [4.69, 9.17) is 9.47 Å². The number of likely N-dealkylation sites (N-methyl/N-ethyl adjacent to an activating group) is 1. The van der Waals surface area contributed by atoms with Crippen LogP contribution in [0.1, 0.15) is 82.5 Å². The summed E-state index contributed by atoms with van der Waals surface area (Å²) in [5.41, 5.74) is 0.682. The maximum absolute atomic E-state index is 14.3. The molecule has 4 atom stereocenters. The minimum absolute atomic E-state index is 0.00329. The molecule has 3 amide bonds. The molecule has 4 rings (SSSR count). The molecule has 0 saturated heterocycles. The third-order valence-electron chi connectivity index (χ3n) is 9.21. The van der Waals surface area contributed by atoms with E-state index >= 15 is 0 Å². The first-order valence-electron chi connectivity index (χ1n) is 17.0. The Morgan fingerprint density at radius 2 is 1.75 bits per heavy atom. The summed E-state index contributed by atoms with van der Waals surface area (Å²) in [5, 5.41) is 16.1. The molecule has 1 aliphatic carbocycles. The molecule has 1 aliphatic heterocycles. The number of nitrogens with zero attached hydrogens (tertiary/aromatic N) is 2. The highest BCUT2D eigenvalue weighted by Crippen LogP contribution is 2.29. The van der Waals surface area contributed by atoms with Crippen LogP contribution in [0, 0.1) is 11.7 Å². The summed E-state index contributed by atoms with van der Waals surface area (Å²) in [7, 11) is -2.49. The number of urea groups is 1. The Hall–Kier alpha value is -3.26. The molecule has 0 unspecified atom stereocenters. The van der Waals surface area contributed by atoms with Gasteiger partial charge in [-0.2, -0.15) is 4.31 Å². The number of carbonyl (C=O) groups excluding carboxylic acids is 2. The number of ether oxygens (including phenoxy) is 2. The number of halogens is 1. The topological polar surface area (TPSA) is 138 Å².